The molecule has 0 saturated heterocycles. The summed E-state index contributed by atoms with van der Waals surface area (Å²) in [7, 11) is -3.78. The number of benzene rings is 1. The molecule has 0 amide bonds. The molecule has 0 aliphatic heterocycles. The minimum atomic E-state index is -3.78. The molecule has 4 nitrogen and oxygen atoms in total. The van der Waals surface area contributed by atoms with Gasteiger partial charge in [0.25, 0.3) is 0 Å². The Balaban J connectivity index is 1.84. The zero-order valence-electron chi connectivity index (χ0n) is 15.2. The maximum atomic E-state index is 10.7. The number of hydrogen-bond acceptors (Lipinski definition) is 2. The topological polar surface area (TPSA) is 66.8 Å². The first-order valence-electron chi connectivity index (χ1n) is 9.41. The first kappa shape index (κ1) is 22.0. The molecule has 0 radical (unpaired) electrons. The van der Waals surface area contributed by atoms with Gasteiger partial charge in [-0.15, -0.1) is 0 Å². The van der Waals surface area contributed by atoms with E-state index < -0.39 is 7.60 Å². The Morgan fingerprint density at radius 3 is 1.80 bits per heavy atom. The van der Waals surface area contributed by atoms with Crippen molar-refractivity contribution in [2.24, 2.45) is 0 Å². The third kappa shape index (κ3) is 12.9. The van der Waals surface area contributed by atoms with Gasteiger partial charge in [0.2, 0.25) is 0 Å². The second kappa shape index (κ2) is 13.2. The molecule has 1 rings (SSSR count). The fourth-order valence-electron chi connectivity index (χ4n) is 2.72. The highest BCUT2D eigenvalue weighted by molar-refractivity contribution is 7.51. The summed E-state index contributed by atoms with van der Waals surface area (Å²) in [6, 6.07) is 7.98. The van der Waals surface area contributed by atoms with Crippen molar-refractivity contribution in [2.75, 3.05) is 12.8 Å². The molecule has 142 valence electrons. The van der Waals surface area contributed by atoms with Crippen molar-refractivity contribution >= 4 is 13.7 Å². The molecule has 0 aliphatic carbocycles. The average molecular weight is 368 g/mol. The van der Waals surface area contributed by atoms with Crippen molar-refractivity contribution in [3.05, 3.63) is 36.4 Å². The first-order chi connectivity index (χ1) is 12.0. The van der Waals surface area contributed by atoms with E-state index in [2.05, 4.69) is 6.58 Å². The summed E-state index contributed by atoms with van der Waals surface area (Å²) in [6.45, 7) is 4.51. The van der Waals surface area contributed by atoms with Crippen molar-refractivity contribution in [3.8, 4) is 5.75 Å². The van der Waals surface area contributed by atoms with Crippen LogP contribution in [0.15, 0.2) is 30.8 Å². The second-order valence-electron chi connectivity index (χ2n) is 6.55. The third-order valence-electron chi connectivity index (χ3n) is 4.23. The lowest BCUT2D eigenvalue weighted by Crippen LogP contribution is -1.97. The van der Waals surface area contributed by atoms with Gasteiger partial charge >= 0.3 is 7.60 Å². The van der Waals surface area contributed by atoms with E-state index in [4.69, 9.17) is 14.5 Å². The maximum absolute atomic E-state index is 10.7. The molecular formula is C20H33O4P. The van der Waals surface area contributed by atoms with E-state index >= 15 is 0 Å². The van der Waals surface area contributed by atoms with Crippen LogP contribution in [0.2, 0.25) is 0 Å². The molecule has 2 N–H and O–H groups in total. The van der Waals surface area contributed by atoms with Gasteiger partial charge in [0, 0.05) is 6.16 Å². The van der Waals surface area contributed by atoms with Crippen LogP contribution < -0.4 is 4.74 Å². The molecule has 25 heavy (non-hydrogen) atoms. The highest BCUT2D eigenvalue weighted by atomic mass is 31.2. The lowest BCUT2D eigenvalue weighted by molar-refractivity contribution is 0.304. The second-order valence-corrected chi connectivity index (χ2v) is 8.32. The molecule has 0 aromatic heterocycles. The summed E-state index contributed by atoms with van der Waals surface area (Å²) in [4.78, 5) is 17.5. The van der Waals surface area contributed by atoms with Crippen molar-refractivity contribution in [3.63, 3.8) is 0 Å². The quantitative estimate of drug-likeness (QED) is 0.304. The van der Waals surface area contributed by atoms with Crippen LogP contribution in [0.3, 0.4) is 0 Å². The maximum Gasteiger partial charge on any atom is 0.325 e. The Hall–Kier alpha value is -1.09. The highest BCUT2D eigenvalue weighted by Gasteiger charge is 2.10. The van der Waals surface area contributed by atoms with Crippen LogP contribution in [-0.4, -0.2) is 22.6 Å². The first-order valence-corrected chi connectivity index (χ1v) is 11.2. The van der Waals surface area contributed by atoms with Crippen molar-refractivity contribution in [2.45, 2.75) is 64.2 Å². The molecule has 0 atom stereocenters. The molecule has 1 aromatic rings. The van der Waals surface area contributed by atoms with Crippen LogP contribution in [0, 0.1) is 0 Å². The molecule has 0 aliphatic rings. The molecule has 0 heterocycles. The van der Waals surface area contributed by atoms with Crippen molar-refractivity contribution in [1.82, 2.24) is 0 Å². The standard InChI is InChI=1S/C20H33O4P/c1-2-19-13-15-20(16-14-19)24-17-11-9-7-5-3-4-6-8-10-12-18-25(21,22)23/h2,13-16H,1,3-12,17-18H2,(H2,21,22,23). The van der Waals surface area contributed by atoms with Gasteiger partial charge in [-0.1, -0.05) is 76.2 Å². The molecule has 0 saturated carbocycles. The van der Waals surface area contributed by atoms with Crippen LogP contribution in [0.1, 0.15) is 69.8 Å². The smallest absolute Gasteiger partial charge is 0.325 e. The minimum absolute atomic E-state index is 0.0352. The fraction of sp³-hybridized carbons (Fsp3) is 0.600. The Morgan fingerprint density at radius 1 is 0.840 bits per heavy atom. The Bertz CT molecular complexity index is 507. The van der Waals surface area contributed by atoms with Crippen molar-refractivity contribution < 1.29 is 19.1 Å². The van der Waals surface area contributed by atoms with Gasteiger partial charge in [-0.25, -0.2) is 0 Å². The van der Waals surface area contributed by atoms with Crippen LogP contribution in [0.5, 0.6) is 5.75 Å². The number of hydrogen-bond donors (Lipinski definition) is 2. The molecule has 0 bridgehead atoms. The monoisotopic (exact) mass is 368 g/mol. The molecule has 0 fully saturated rings. The normalized spacial score (nSPS) is 11.4. The van der Waals surface area contributed by atoms with Gasteiger partial charge in [-0.2, -0.15) is 0 Å². The minimum Gasteiger partial charge on any atom is -0.494 e. The van der Waals surface area contributed by atoms with Crippen LogP contribution in [-0.2, 0) is 4.57 Å². The van der Waals surface area contributed by atoms with E-state index in [9.17, 15) is 4.57 Å². The van der Waals surface area contributed by atoms with Crippen LogP contribution in [0.25, 0.3) is 6.08 Å². The SMILES string of the molecule is C=Cc1ccc(OCCCCCCCCCCCCP(=O)(O)O)cc1. The van der Waals surface area contributed by atoms with Crippen molar-refractivity contribution in [1.29, 1.82) is 0 Å². The zero-order valence-corrected chi connectivity index (χ0v) is 16.1. The molecule has 5 heteroatoms. The van der Waals surface area contributed by atoms with Crippen LogP contribution >= 0.6 is 7.60 Å². The molecular weight excluding hydrogens is 335 g/mol. The van der Waals surface area contributed by atoms with Gasteiger partial charge in [0.05, 0.1) is 6.61 Å². The largest absolute Gasteiger partial charge is 0.494 e. The number of unbranched alkanes of at least 4 members (excludes halogenated alkanes) is 9. The summed E-state index contributed by atoms with van der Waals surface area (Å²) in [5.74, 6) is 0.921. The average Bonchev–Trinajstić information content (AvgIpc) is 2.58. The van der Waals surface area contributed by atoms with E-state index in [1.165, 1.54) is 38.5 Å². The van der Waals surface area contributed by atoms with E-state index in [1.54, 1.807) is 0 Å². The van der Waals surface area contributed by atoms with E-state index in [-0.39, 0.29) is 6.16 Å². The molecule has 0 spiro atoms. The van der Waals surface area contributed by atoms with E-state index in [0.29, 0.717) is 6.42 Å². The summed E-state index contributed by atoms with van der Waals surface area (Å²) in [6.07, 6.45) is 13.0. The van der Waals surface area contributed by atoms with Gasteiger partial charge in [0.15, 0.2) is 0 Å². The Morgan fingerprint density at radius 2 is 1.32 bits per heavy atom. The Kier molecular flexibility index (Phi) is 11.6. The predicted octanol–water partition coefficient (Wildman–Crippen LogP) is 5.79. The summed E-state index contributed by atoms with van der Waals surface area (Å²) in [5, 5.41) is 0. The number of ether oxygens (including phenoxy) is 1. The predicted molar refractivity (Wildman–Crippen MR) is 105 cm³/mol. The summed E-state index contributed by atoms with van der Waals surface area (Å²) >= 11 is 0. The third-order valence-corrected chi connectivity index (χ3v) is 5.13. The van der Waals surface area contributed by atoms with Gasteiger partial charge in [-0.3, -0.25) is 4.57 Å². The highest BCUT2D eigenvalue weighted by Crippen LogP contribution is 2.35. The molecule has 1 aromatic carbocycles. The van der Waals surface area contributed by atoms with E-state index in [1.807, 2.05) is 30.3 Å². The van der Waals surface area contributed by atoms with Crippen LogP contribution in [0.4, 0.5) is 0 Å². The lowest BCUT2D eigenvalue weighted by Gasteiger charge is -2.06. The van der Waals surface area contributed by atoms with Gasteiger partial charge in [-0.05, 0) is 30.5 Å². The van der Waals surface area contributed by atoms with E-state index in [0.717, 1.165) is 37.2 Å². The fourth-order valence-corrected chi connectivity index (χ4v) is 3.36. The lowest BCUT2D eigenvalue weighted by atomic mass is 10.1. The Labute approximate surface area is 152 Å². The summed E-state index contributed by atoms with van der Waals surface area (Å²) < 4.78 is 16.4. The zero-order chi connectivity index (χ0) is 18.4. The molecule has 0 unspecified atom stereocenters. The van der Waals surface area contributed by atoms with Gasteiger partial charge in [0.1, 0.15) is 5.75 Å². The summed E-state index contributed by atoms with van der Waals surface area (Å²) in [5.41, 5.74) is 1.11. The van der Waals surface area contributed by atoms with Gasteiger partial charge < -0.3 is 14.5 Å². The number of rotatable bonds is 15.